The van der Waals surface area contributed by atoms with Crippen molar-refractivity contribution < 1.29 is 13.9 Å². The van der Waals surface area contributed by atoms with Crippen LogP contribution in [-0.4, -0.2) is 45.5 Å². The lowest BCUT2D eigenvalue weighted by Crippen LogP contribution is -2.37. The first-order valence-electron chi connectivity index (χ1n) is 8.27. The number of guanidine groups is 1. The number of hydrogen-bond acceptors (Lipinski definition) is 3. The molecule has 8 heteroatoms. The third-order valence-electron chi connectivity index (χ3n) is 3.75. The lowest BCUT2D eigenvalue weighted by Gasteiger charge is -2.13. The highest BCUT2D eigenvalue weighted by atomic mass is 127. The number of nitrogens with zero attached hydrogens (tertiary/aromatic N) is 1. The fourth-order valence-electron chi connectivity index (χ4n) is 2.43. The van der Waals surface area contributed by atoms with Crippen molar-refractivity contribution in [2.24, 2.45) is 4.99 Å². The second kappa shape index (κ2) is 12.8. The number of benzene rings is 1. The van der Waals surface area contributed by atoms with Crippen LogP contribution in [0.2, 0.25) is 0 Å². The molecule has 1 atom stereocenters. The minimum Gasteiger partial charge on any atom is -0.379 e. The second-order valence-electron chi connectivity index (χ2n) is 5.66. The molecule has 1 unspecified atom stereocenters. The van der Waals surface area contributed by atoms with Crippen molar-refractivity contribution in [2.45, 2.75) is 31.9 Å². The van der Waals surface area contributed by atoms with Crippen LogP contribution in [0.15, 0.2) is 27.7 Å². The van der Waals surface area contributed by atoms with E-state index in [0.29, 0.717) is 30.2 Å². The van der Waals surface area contributed by atoms with Crippen LogP contribution >= 0.6 is 39.9 Å². The lowest BCUT2D eigenvalue weighted by molar-refractivity contribution is 0.0168. The van der Waals surface area contributed by atoms with Crippen molar-refractivity contribution in [2.75, 3.05) is 33.4 Å². The predicted molar refractivity (Wildman–Crippen MR) is 112 cm³/mol. The summed E-state index contributed by atoms with van der Waals surface area (Å²) in [6.45, 7) is 3.52. The molecule has 0 aliphatic carbocycles. The first-order chi connectivity index (χ1) is 11.7. The van der Waals surface area contributed by atoms with Gasteiger partial charge in [-0.25, -0.2) is 4.39 Å². The molecule has 1 aliphatic rings. The van der Waals surface area contributed by atoms with E-state index in [1.807, 2.05) is 6.07 Å². The maximum absolute atomic E-state index is 13.5. The van der Waals surface area contributed by atoms with E-state index in [1.54, 1.807) is 13.1 Å². The first-order valence-corrected chi connectivity index (χ1v) is 9.06. The van der Waals surface area contributed by atoms with E-state index in [-0.39, 0.29) is 35.9 Å². The summed E-state index contributed by atoms with van der Waals surface area (Å²) in [5, 5.41) is 6.38. The smallest absolute Gasteiger partial charge is 0.191 e. The molecule has 1 saturated heterocycles. The number of rotatable bonds is 8. The Morgan fingerprint density at radius 1 is 1.44 bits per heavy atom. The third-order valence-corrected chi connectivity index (χ3v) is 4.40. The van der Waals surface area contributed by atoms with Crippen molar-refractivity contribution in [1.82, 2.24) is 10.6 Å². The van der Waals surface area contributed by atoms with Gasteiger partial charge in [0.15, 0.2) is 5.96 Å². The number of hydrogen-bond donors (Lipinski definition) is 2. The van der Waals surface area contributed by atoms with Gasteiger partial charge in [-0.05, 0) is 52.9 Å². The van der Waals surface area contributed by atoms with Crippen LogP contribution in [0.25, 0.3) is 0 Å². The summed E-state index contributed by atoms with van der Waals surface area (Å²) in [7, 11) is 1.71. The Labute approximate surface area is 174 Å². The van der Waals surface area contributed by atoms with Crippen molar-refractivity contribution in [3.63, 3.8) is 0 Å². The Bertz CT molecular complexity index is 543. The molecule has 0 amide bonds. The minimum absolute atomic E-state index is 0. The van der Waals surface area contributed by atoms with Crippen LogP contribution in [0.4, 0.5) is 4.39 Å². The van der Waals surface area contributed by atoms with Gasteiger partial charge in [0, 0.05) is 33.4 Å². The molecule has 1 heterocycles. The molecule has 142 valence electrons. The highest BCUT2D eigenvalue weighted by molar-refractivity contribution is 14.0. The van der Waals surface area contributed by atoms with Crippen LogP contribution < -0.4 is 10.6 Å². The maximum Gasteiger partial charge on any atom is 0.191 e. The zero-order valence-corrected chi connectivity index (χ0v) is 18.3. The van der Waals surface area contributed by atoms with Crippen LogP contribution in [0.5, 0.6) is 0 Å². The zero-order chi connectivity index (χ0) is 17.2. The summed E-state index contributed by atoms with van der Waals surface area (Å²) in [5.74, 6) is 0.429. The lowest BCUT2D eigenvalue weighted by atomic mass is 10.2. The van der Waals surface area contributed by atoms with Crippen LogP contribution in [0.3, 0.4) is 0 Å². The number of ether oxygens (including phenoxy) is 2. The molecule has 5 nitrogen and oxygen atoms in total. The summed E-state index contributed by atoms with van der Waals surface area (Å²) in [4.78, 5) is 4.15. The summed E-state index contributed by atoms with van der Waals surface area (Å²) < 4.78 is 25.1. The minimum atomic E-state index is -0.263. The largest absolute Gasteiger partial charge is 0.379 e. The Hall–Kier alpha value is -0.450. The number of aliphatic imine (C=N–C) groups is 1. The quantitative estimate of drug-likeness (QED) is 0.234. The Balaban J connectivity index is 0.00000312. The molecule has 2 N–H and O–H groups in total. The van der Waals surface area contributed by atoms with E-state index < -0.39 is 0 Å². The number of halogens is 3. The summed E-state index contributed by atoms with van der Waals surface area (Å²) in [5.41, 5.74) is 0.860. The van der Waals surface area contributed by atoms with Gasteiger partial charge in [-0.2, -0.15) is 0 Å². The van der Waals surface area contributed by atoms with Gasteiger partial charge in [0.2, 0.25) is 0 Å². The van der Waals surface area contributed by atoms with Crippen LogP contribution in [0, 0.1) is 5.82 Å². The van der Waals surface area contributed by atoms with Gasteiger partial charge in [0.05, 0.1) is 17.2 Å². The molecule has 1 aromatic carbocycles. The fraction of sp³-hybridized carbons (Fsp3) is 0.588. The van der Waals surface area contributed by atoms with Crippen molar-refractivity contribution in [3.8, 4) is 0 Å². The van der Waals surface area contributed by atoms with E-state index in [1.165, 1.54) is 6.07 Å². The average molecular weight is 530 g/mol. The van der Waals surface area contributed by atoms with Crippen LogP contribution in [-0.2, 0) is 16.0 Å². The van der Waals surface area contributed by atoms with Gasteiger partial charge in [-0.3, -0.25) is 4.99 Å². The topological polar surface area (TPSA) is 54.9 Å². The molecular formula is C17H26BrFIN3O2. The van der Waals surface area contributed by atoms with Crippen molar-refractivity contribution in [1.29, 1.82) is 0 Å². The SMILES string of the molecule is CN=C(NCCCOCC1CCCO1)NCc1ccc(Br)c(F)c1.I. The van der Waals surface area contributed by atoms with Crippen LogP contribution in [0.1, 0.15) is 24.8 Å². The van der Waals surface area contributed by atoms with E-state index in [4.69, 9.17) is 9.47 Å². The first kappa shape index (κ1) is 22.6. The van der Waals surface area contributed by atoms with Gasteiger partial charge >= 0.3 is 0 Å². The van der Waals surface area contributed by atoms with Gasteiger partial charge in [0.1, 0.15) is 5.82 Å². The summed E-state index contributed by atoms with van der Waals surface area (Å²) in [6.07, 6.45) is 3.41. The van der Waals surface area contributed by atoms with E-state index in [9.17, 15) is 4.39 Å². The zero-order valence-electron chi connectivity index (χ0n) is 14.4. The second-order valence-corrected chi connectivity index (χ2v) is 6.52. The molecule has 0 aromatic heterocycles. The molecule has 0 radical (unpaired) electrons. The molecule has 1 aromatic rings. The Kier molecular flexibility index (Phi) is 11.6. The molecular weight excluding hydrogens is 504 g/mol. The molecule has 25 heavy (non-hydrogen) atoms. The van der Waals surface area contributed by atoms with E-state index in [2.05, 4.69) is 31.6 Å². The van der Waals surface area contributed by atoms with E-state index in [0.717, 1.165) is 38.0 Å². The van der Waals surface area contributed by atoms with Gasteiger partial charge in [0.25, 0.3) is 0 Å². The molecule has 0 saturated carbocycles. The Morgan fingerprint density at radius 3 is 2.96 bits per heavy atom. The molecule has 1 aliphatic heterocycles. The van der Waals surface area contributed by atoms with Crippen molar-refractivity contribution in [3.05, 3.63) is 34.1 Å². The van der Waals surface area contributed by atoms with Gasteiger partial charge in [-0.15, -0.1) is 24.0 Å². The predicted octanol–water partition coefficient (Wildman–Crippen LogP) is 3.46. The Morgan fingerprint density at radius 2 is 2.28 bits per heavy atom. The number of nitrogens with one attached hydrogen (secondary N) is 2. The normalized spacial score (nSPS) is 17.2. The highest BCUT2D eigenvalue weighted by Gasteiger charge is 2.14. The third kappa shape index (κ3) is 8.65. The molecule has 2 rings (SSSR count). The maximum atomic E-state index is 13.5. The summed E-state index contributed by atoms with van der Waals surface area (Å²) >= 11 is 3.15. The monoisotopic (exact) mass is 529 g/mol. The average Bonchev–Trinajstić information content (AvgIpc) is 3.10. The van der Waals surface area contributed by atoms with Gasteiger partial charge in [-0.1, -0.05) is 6.07 Å². The summed E-state index contributed by atoms with van der Waals surface area (Å²) in [6, 6.07) is 5.07. The molecule has 0 spiro atoms. The molecule has 0 bridgehead atoms. The molecule has 1 fully saturated rings. The van der Waals surface area contributed by atoms with Crippen molar-refractivity contribution >= 4 is 45.9 Å². The van der Waals surface area contributed by atoms with E-state index >= 15 is 0 Å². The van der Waals surface area contributed by atoms with Gasteiger partial charge < -0.3 is 20.1 Å². The fourth-order valence-corrected chi connectivity index (χ4v) is 2.67. The highest BCUT2D eigenvalue weighted by Crippen LogP contribution is 2.16. The standard InChI is InChI=1S/C17H25BrFN3O2.HI/c1-20-17(22-11-13-5-6-15(18)16(19)10-13)21-7-3-8-23-12-14-4-2-9-24-14;/h5-6,10,14H,2-4,7-9,11-12H2,1H3,(H2,20,21,22);1H.